The molecular weight excluding hydrogens is 728 g/mol. The highest BCUT2D eigenvalue weighted by molar-refractivity contribution is 6.33. The number of rotatable bonds is 7. The Labute approximate surface area is 332 Å². The third-order valence-corrected chi connectivity index (χ3v) is 13.8. The van der Waals surface area contributed by atoms with Crippen LogP contribution in [0.25, 0.3) is 4.85 Å². The van der Waals surface area contributed by atoms with Crippen molar-refractivity contribution < 1.29 is 19.2 Å². The molecule has 7 heterocycles. The van der Waals surface area contributed by atoms with E-state index in [2.05, 4.69) is 55.0 Å². The summed E-state index contributed by atoms with van der Waals surface area (Å²) >= 11 is 6.39. The molecule has 9 rings (SSSR count). The van der Waals surface area contributed by atoms with Crippen molar-refractivity contribution in [1.82, 2.24) is 20.1 Å². The number of hydrogen-bond donors (Lipinski definition) is 1. The van der Waals surface area contributed by atoms with Crippen molar-refractivity contribution >= 4 is 58.1 Å². The Hall–Kier alpha value is -4.99. The molecule has 3 aromatic rings. The molecule has 0 saturated carbocycles. The van der Waals surface area contributed by atoms with Gasteiger partial charge in [-0.2, -0.15) is 0 Å². The van der Waals surface area contributed by atoms with E-state index < -0.39 is 23.8 Å². The quantitative estimate of drug-likeness (QED) is 0.238. The number of nitrogens with one attached hydrogen (secondary N) is 1. The van der Waals surface area contributed by atoms with Gasteiger partial charge in [0.2, 0.25) is 17.5 Å². The number of hydrogen-bond acceptors (Lipinski definition) is 9. The minimum Gasteiger partial charge on any atom is -0.368 e. The number of benzene rings is 2. The van der Waals surface area contributed by atoms with Crippen LogP contribution < -0.4 is 20.0 Å². The van der Waals surface area contributed by atoms with E-state index in [1.54, 1.807) is 12.1 Å². The first kappa shape index (κ1) is 36.6. The molecule has 2 aromatic carbocycles. The molecule has 2 atom stereocenters. The number of aromatic nitrogens is 1. The number of amides is 4. The second-order valence-corrected chi connectivity index (χ2v) is 17.3. The fourth-order valence-electron chi connectivity index (χ4n) is 10.1. The zero-order valence-electron chi connectivity index (χ0n) is 31.8. The van der Waals surface area contributed by atoms with Crippen molar-refractivity contribution in [2.45, 2.75) is 76.4 Å². The van der Waals surface area contributed by atoms with Crippen molar-refractivity contribution in [1.29, 1.82) is 0 Å². The number of carbonyl (C=O) groups is 4. The number of nitrogens with zero attached hydrogens (tertiary/aromatic N) is 7. The van der Waals surface area contributed by atoms with Gasteiger partial charge in [-0.3, -0.25) is 34.3 Å². The summed E-state index contributed by atoms with van der Waals surface area (Å²) in [7, 11) is 0. The largest absolute Gasteiger partial charge is 0.368 e. The topological polar surface area (TPSA) is 114 Å². The minimum atomic E-state index is -0.956. The van der Waals surface area contributed by atoms with Crippen LogP contribution >= 0.6 is 11.6 Å². The molecule has 6 aliphatic rings. The normalized spacial score (nSPS) is 24.4. The molecule has 56 heavy (non-hydrogen) atoms. The first-order valence-corrected chi connectivity index (χ1v) is 20.4. The van der Waals surface area contributed by atoms with Crippen LogP contribution in [0.15, 0.2) is 54.7 Å². The van der Waals surface area contributed by atoms with Gasteiger partial charge < -0.3 is 14.7 Å². The first-order chi connectivity index (χ1) is 27.1. The number of imide groups is 2. The van der Waals surface area contributed by atoms with Gasteiger partial charge in [0.05, 0.1) is 17.7 Å². The predicted molar refractivity (Wildman–Crippen MR) is 214 cm³/mol. The number of pyridine rings is 1. The van der Waals surface area contributed by atoms with Gasteiger partial charge in [-0.15, -0.1) is 0 Å². The second-order valence-electron chi connectivity index (χ2n) is 16.9. The minimum absolute atomic E-state index is 0.105. The number of likely N-dealkylation sites (tertiary alicyclic amines) is 1. The third-order valence-electron chi connectivity index (χ3n) is 13.4. The maximum Gasteiger partial charge on any atom is 0.262 e. The molecule has 12 nitrogen and oxygen atoms in total. The zero-order valence-corrected chi connectivity index (χ0v) is 32.5. The number of anilines is 3. The van der Waals surface area contributed by atoms with Gasteiger partial charge in [0.15, 0.2) is 0 Å². The van der Waals surface area contributed by atoms with Crippen molar-refractivity contribution in [3.63, 3.8) is 0 Å². The maximum absolute atomic E-state index is 13.3. The highest BCUT2D eigenvalue weighted by Gasteiger charge is 2.46. The summed E-state index contributed by atoms with van der Waals surface area (Å²) in [6.45, 7) is 16.5. The summed E-state index contributed by atoms with van der Waals surface area (Å²) in [4.78, 5) is 69.7. The lowest BCUT2D eigenvalue weighted by Gasteiger charge is -2.48. The standard InChI is InChI=1S/C43H47ClN8O4/c1-27-22-43(26-51(27)31-5-7-36(45-2)35(44)21-31)13-17-49(18-14-43)38-9-3-29(23-46-38)19-28-11-15-48(16-12-28)32-24-50(25-32)30-4-6-33-34(20-30)42(56)52(41(33)55)37-8-10-39(53)47-40(37)54/h3-7,9,20-21,23,27-28,32,37H,8,10-19,22,24-26H2,1H3,(H,47,53,54)/t27-,37?/m0/s1. The molecule has 0 bridgehead atoms. The monoisotopic (exact) mass is 774 g/mol. The number of carbonyl (C=O) groups excluding carboxylic acids is 4. The van der Waals surface area contributed by atoms with Crippen molar-refractivity contribution in [3.8, 4) is 0 Å². The lowest BCUT2D eigenvalue weighted by atomic mass is 9.77. The molecule has 5 fully saturated rings. The molecule has 6 aliphatic heterocycles. The number of piperidine rings is 3. The van der Waals surface area contributed by atoms with Gasteiger partial charge in [-0.05, 0) is 118 Å². The molecule has 1 unspecified atom stereocenters. The Kier molecular flexibility index (Phi) is 9.49. The van der Waals surface area contributed by atoms with E-state index in [0.29, 0.717) is 45.3 Å². The second kappa shape index (κ2) is 14.5. The Morgan fingerprint density at radius 1 is 0.893 bits per heavy atom. The maximum atomic E-state index is 13.3. The predicted octanol–water partition coefficient (Wildman–Crippen LogP) is 5.72. The average molecular weight is 775 g/mol. The molecule has 1 spiro atoms. The van der Waals surface area contributed by atoms with E-state index in [0.717, 1.165) is 100 Å². The van der Waals surface area contributed by atoms with Gasteiger partial charge >= 0.3 is 0 Å². The Balaban J connectivity index is 0.725. The molecule has 1 N–H and O–H groups in total. The van der Waals surface area contributed by atoms with E-state index in [-0.39, 0.29) is 18.7 Å². The van der Waals surface area contributed by atoms with Crippen LogP contribution in [0.5, 0.6) is 0 Å². The summed E-state index contributed by atoms with van der Waals surface area (Å²) in [5.74, 6) is -0.207. The molecule has 290 valence electrons. The summed E-state index contributed by atoms with van der Waals surface area (Å²) in [6.07, 6.45) is 9.15. The Bertz CT molecular complexity index is 2110. The van der Waals surface area contributed by atoms with Gasteiger partial charge in [-0.1, -0.05) is 23.7 Å². The summed E-state index contributed by atoms with van der Waals surface area (Å²) in [6, 6.07) is 15.6. The molecule has 13 heteroatoms. The summed E-state index contributed by atoms with van der Waals surface area (Å²) in [5, 5.41) is 2.78. The smallest absolute Gasteiger partial charge is 0.262 e. The molecule has 4 amide bonds. The highest BCUT2D eigenvalue weighted by Crippen LogP contribution is 2.46. The van der Waals surface area contributed by atoms with Crippen LogP contribution in [0.3, 0.4) is 0 Å². The van der Waals surface area contributed by atoms with Crippen LogP contribution in [0.1, 0.15) is 78.1 Å². The Morgan fingerprint density at radius 2 is 1.64 bits per heavy atom. The third kappa shape index (κ3) is 6.68. The summed E-state index contributed by atoms with van der Waals surface area (Å²) in [5.41, 5.74) is 4.76. The molecule has 0 aliphatic carbocycles. The van der Waals surface area contributed by atoms with Crippen LogP contribution in [0.4, 0.5) is 22.9 Å². The van der Waals surface area contributed by atoms with Gasteiger partial charge in [-0.25, -0.2) is 9.83 Å². The summed E-state index contributed by atoms with van der Waals surface area (Å²) < 4.78 is 0. The van der Waals surface area contributed by atoms with E-state index in [9.17, 15) is 19.2 Å². The van der Waals surface area contributed by atoms with Crippen LogP contribution in [-0.4, -0.2) is 102 Å². The fourth-order valence-corrected chi connectivity index (χ4v) is 10.4. The van der Waals surface area contributed by atoms with Gasteiger partial charge in [0, 0.05) is 73.8 Å². The SMILES string of the molecule is [C-]#[N+]c1ccc(N2CC3(CCN(c4ccc(CC5CCN(C6CN(c7ccc8c(c7)C(=O)N(C7CCC(=O)NC7=O)C8=O)C6)CC5)cn4)CC3)C[C@@H]2C)cc1Cl. The van der Waals surface area contributed by atoms with Crippen LogP contribution in [0, 0.1) is 17.9 Å². The molecule has 0 radical (unpaired) electrons. The van der Waals surface area contributed by atoms with Crippen molar-refractivity contribution in [2.24, 2.45) is 11.3 Å². The lowest BCUT2D eigenvalue weighted by Crippen LogP contribution is -2.61. The number of halogens is 1. The van der Waals surface area contributed by atoms with Gasteiger partial charge in [0.25, 0.3) is 11.8 Å². The molecule has 1 aromatic heterocycles. The fraction of sp³-hybridized carbons (Fsp3) is 0.488. The van der Waals surface area contributed by atoms with E-state index in [1.165, 1.54) is 12.0 Å². The first-order valence-electron chi connectivity index (χ1n) is 20.1. The average Bonchev–Trinajstić information content (AvgIpc) is 3.63. The van der Waals surface area contributed by atoms with E-state index >= 15 is 0 Å². The molecule has 5 saturated heterocycles. The molecular formula is C43H47ClN8O4. The van der Waals surface area contributed by atoms with Gasteiger partial charge in [0.1, 0.15) is 11.9 Å². The van der Waals surface area contributed by atoms with E-state index in [1.807, 2.05) is 24.3 Å². The van der Waals surface area contributed by atoms with E-state index in [4.69, 9.17) is 23.2 Å². The Morgan fingerprint density at radius 3 is 2.34 bits per heavy atom. The highest BCUT2D eigenvalue weighted by atomic mass is 35.5. The number of fused-ring (bicyclic) bond motifs is 1. The lowest BCUT2D eigenvalue weighted by molar-refractivity contribution is -0.136. The van der Waals surface area contributed by atoms with Crippen molar-refractivity contribution in [2.75, 3.05) is 60.5 Å². The zero-order chi connectivity index (χ0) is 38.7. The van der Waals surface area contributed by atoms with Crippen LogP contribution in [0.2, 0.25) is 5.02 Å². The van der Waals surface area contributed by atoms with Crippen LogP contribution in [-0.2, 0) is 16.0 Å². The van der Waals surface area contributed by atoms with Crippen molar-refractivity contribution in [3.05, 3.63) is 87.9 Å².